The maximum atomic E-state index is 11.8. The van der Waals surface area contributed by atoms with Crippen LogP contribution in [0.5, 0.6) is 5.75 Å². The van der Waals surface area contributed by atoms with E-state index < -0.39 is 17.5 Å². The van der Waals surface area contributed by atoms with E-state index in [1.807, 2.05) is 0 Å². The average Bonchev–Trinajstić information content (AvgIpc) is 2.49. The first kappa shape index (κ1) is 16.7. The lowest BCUT2D eigenvalue weighted by molar-refractivity contribution is -0.157. The van der Waals surface area contributed by atoms with Gasteiger partial charge in [0.2, 0.25) is 0 Å². The van der Waals surface area contributed by atoms with E-state index in [1.54, 1.807) is 45.0 Å². The highest BCUT2D eigenvalue weighted by Crippen LogP contribution is 2.23. The van der Waals surface area contributed by atoms with E-state index in [-0.39, 0.29) is 6.61 Å². The van der Waals surface area contributed by atoms with Gasteiger partial charge in [-0.05, 0) is 45.0 Å². The smallest absolute Gasteiger partial charge is 0.344 e. The molecule has 0 aliphatic carbocycles. The molecule has 0 fully saturated rings. The van der Waals surface area contributed by atoms with Crippen LogP contribution in [0.4, 0.5) is 0 Å². The lowest BCUT2D eigenvalue weighted by Gasteiger charge is -2.19. The minimum Gasteiger partial charge on any atom is -0.482 e. The summed E-state index contributed by atoms with van der Waals surface area (Å²) in [4.78, 5) is 27.7. The van der Waals surface area contributed by atoms with Crippen molar-refractivity contribution < 1.29 is 23.8 Å². The van der Waals surface area contributed by atoms with Gasteiger partial charge >= 0.3 is 11.9 Å². The SMILES string of the molecule is COC(=O)c1ccnc2ccc(OCC(=O)OC(C)(C)C)cc12. The lowest BCUT2D eigenvalue weighted by atomic mass is 10.1. The third kappa shape index (κ3) is 4.42. The molecule has 122 valence electrons. The number of pyridine rings is 1. The molecule has 1 aromatic carbocycles. The van der Waals surface area contributed by atoms with Crippen molar-refractivity contribution in [2.75, 3.05) is 13.7 Å². The summed E-state index contributed by atoms with van der Waals surface area (Å²) in [5, 5.41) is 0.598. The van der Waals surface area contributed by atoms with E-state index >= 15 is 0 Å². The summed E-state index contributed by atoms with van der Waals surface area (Å²) in [6.45, 7) is 5.15. The molecule has 6 heteroatoms. The normalized spacial score (nSPS) is 11.1. The van der Waals surface area contributed by atoms with Gasteiger partial charge in [0.15, 0.2) is 6.61 Å². The molecule has 0 atom stereocenters. The van der Waals surface area contributed by atoms with Gasteiger partial charge < -0.3 is 14.2 Å². The van der Waals surface area contributed by atoms with Gasteiger partial charge in [0, 0.05) is 11.6 Å². The minimum atomic E-state index is -0.564. The van der Waals surface area contributed by atoms with E-state index in [1.165, 1.54) is 13.3 Å². The van der Waals surface area contributed by atoms with Crippen LogP contribution < -0.4 is 4.74 Å². The zero-order chi connectivity index (χ0) is 17.0. The Morgan fingerprint density at radius 3 is 2.57 bits per heavy atom. The fourth-order valence-corrected chi connectivity index (χ4v) is 2.02. The van der Waals surface area contributed by atoms with Gasteiger partial charge in [0.1, 0.15) is 11.4 Å². The van der Waals surface area contributed by atoms with Crippen molar-refractivity contribution in [3.63, 3.8) is 0 Å². The van der Waals surface area contributed by atoms with Crippen LogP contribution in [0.15, 0.2) is 30.5 Å². The highest BCUT2D eigenvalue weighted by molar-refractivity contribution is 6.03. The van der Waals surface area contributed by atoms with Crippen LogP contribution in [0.3, 0.4) is 0 Å². The molecule has 0 unspecified atom stereocenters. The fourth-order valence-electron chi connectivity index (χ4n) is 2.02. The van der Waals surface area contributed by atoms with Crippen molar-refractivity contribution in [2.24, 2.45) is 0 Å². The number of carbonyl (C=O) groups is 2. The standard InChI is InChI=1S/C17H19NO5/c1-17(2,3)23-15(19)10-22-11-5-6-14-13(9-11)12(7-8-18-14)16(20)21-4/h5-9H,10H2,1-4H3. The van der Waals surface area contributed by atoms with Crippen LogP contribution in [0.25, 0.3) is 10.9 Å². The van der Waals surface area contributed by atoms with Gasteiger partial charge in [-0.15, -0.1) is 0 Å². The van der Waals surface area contributed by atoms with Crippen molar-refractivity contribution in [1.82, 2.24) is 4.98 Å². The molecule has 0 aliphatic heterocycles. The fraction of sp³-hybridized carbons (Fsp3) is 0.353. The first-order chi connectivity index (χ1) is 10.8. The summed E-state index contributed by atoms with van der Waals surface area (Å²) >= 11 is 0. The molecule has 6 nitrogen and oxygen atoms in total. The average molecular weight is 317 g/mol. The summed E-state index contributed by atoms with van der Waals surface area (Å²) in [6, 6.07) is 6.62. The second-order valence-electron chi connectivity index (χ2n) is 5.90. The van der Waals surface area contributed by atoms with Gasteiger partial charge in [-0.25, -0.2) is 9.59 Å². The zero-order valence-corrected chi connectivity index (χ0v) is 13.6. The van der Waals surface area contributed by atoms with Crippen LogP contribution in [-0.2, 0) is 14.3 Å². The summed E-state index contributed by atoms with van der Waals surface area (Å²) in [6.07, 6.45) is 1.54. The van der Waals surface area contributed by atoms with Crippen molar-refractivity contribution in [1.29, 1.82) is 0 Å². The number of carbonyl (C=O) groups excluding carboxylic acids is 2. The first-order valence-electron chi connectivity index (χ1n) is 7.12. The van der Waals surface area contributed by atoms with Crippen LogP contribution in [0.2, 0.25) is 0 Å². The number of fused-ring (bicyclic) bond motifs is 1. The van der Waals surface area contributed by atoms with E-state index in [9.17, 15) is 9.59 Å². The first-order valence-corrected chi connectivity index (χ1v) is 7.12. The maximum absolute atomic E-state index is 11.8. The van der Waals surface area contributed by atoms with Crippen LogP contribution in [0.1, 0.15) is 31.1 Å². The molecule has 23 heavy (non-hydrogen) atoms. The highest BCUT2D eigenvalue weighted by atomic mass is 16.6. The summed E-state index contributed by atoms with van der Waals surface area (Å²) in [7, 11) is 1.32. The Labute approximate surface area is 134 Å². The number of benzene rings is 1. The predicted octanol–water partition coefficient (Wildman–Crippen LogP) is 2.74. The Morgan fingerprint density at radius 1 is 1.17 bits per heavy atom. The largest absolute Gasteiger partial charge is 0.482 e. The third-order valence-corrected chi connectivity index (χ3v) is 2.90. The second-order valence-corrected chi connectivity index (χ2v) is 5.90. The summed E-state index contributed by atoms with van der Waals surface area (Å²) < 4.78 is 15.4. The number of ether oxygens (including phenoxy) is 3. The molecule has 0 aliphatic rings. The van der Waals surface area contributed by atoms with Gasteiger partial charge in [-0.1, -0.05) is 0 Å². The van der Waals surface area contributed by atoms with Crippen molar-refractivity contribution in [2.45, 2.75) is 26.4 Å². The number of aromatic nitrogens is 1. The number of rotatable bonds is 4. The lowest BCUT2D eigenvalue weighted by Crippen LogP contribution is -2.27. The second kappa shape index (κ2) is 6.64. The predicted molar refractivity (Wildman–Crippen MR) is 84.4 cm³/mol. The Morgan fingerprint density at radius 2 is 1.91 bits per heavy atom. The quantitative estimate of drug-likeness (QED) is 0.807. The van der Waals surface area contributed by atoms with Crippen LogP contribution in [-0.4, -0.2) is 36.2 Å². The Kier molecular flexibility index (Phi) is 4.83. The topological polar surface area (TPSA) is 74.7 Å². The molecule has 1 aromatic heterocycles. The molecule has 0 bridgehead atoms. The van der Waals surface area contributed by atoms with Gasteiger partial charge in [0.25, 0.3) is 0 Å². The Bertz CT molecular complexity index is 733. The zero-order valence-electron chi connectivity index (χ0n) is 13.6. The van der Waals surface area contributed by atoms with Crippen LogP contribution in [0, 0.1) is 0 Å². The molecule has 0 saturated carbocycles. The monoisotopic (exact) mass is 317 g/mol. The Balaban J connectivity index is 2.19. The highest BCUT2D eigenvalue weighted by Gasteiger charge is 2.17. The van der Waals surface area contributed by atoms with Gasteiger partial charge in [0.05, 0.1) is 18.2 Å². The number of hydrogen-bond donors (Lipinski definition) is 0. The number of esters is 2. The number of methoxy groups -OCH3 is 1. The summed E-state index contributed by atoms with van der Waals surface area (Å²) in [5.74, 6) is -0.472. The van der Waals surface area contributed by atoms with Gasteiger partial charge in [-0.3, -0.25) is 4.98 Å². The van der Waals surface area contributed by atoms with Crippen molar-refractivity contribution in [3.05, 3.63) is 36.0 Å². The Hall–Kier alpha value is -2.63. The molecule has 0 spiro atoms. The molecular weight excluding hydrogens is 298 g/mol. The van der Waals surface area contributed by atoms with Crippen molar-refractivity contribution in [3.8, 4) is 5.75 Å². The molecule has 1 heterocycles. The molecular formula is C17H19NO5. The van der Waals surface area contributed by atoms with Crippen LogP contribution >= 0.6 is 0 Å². The molecule has 0 amide bonds. The number of hydrogen-bond acceptors (Lipinski definition) is 6. The van der Waals surface area contributed by atoms with E-state index in [0.29, 0.717) is 22.2 Å². The molecule has 0 saturated heterocycles. The molecule has 2 aromatic rings. The molecule has 0 radical (unpaired) electrons. The van der Waals surface area contributed by atoms with E-state index in [0.717, 1.165) is 0 Å². The number of nitrogens with zero attached hydrogens (tertiary/aromatic N) is 1. The van der Waals surface area contributed by atoms with Gasteiger partial charge in [-0.2, -0.15) is 0 Å². The molecule has 2 rings (SSSR count). The third-order valence-electron chi connectivity index (χ3n) is 2.90. The van der Waals surface area contributed by atoms with E-state index in [2.05, 4.69) is 4.98 Å². The maximum Gasteiger partial charge on any atom is 0.344 e. The minimum absolute atomic E-state index is 0.212. The van der Waals surface area contributed by atoms with E-state index in [4.69, 9.17) is 14.2 Å². The van der Waals surface area contributed by atoms with Crippen molar-refractivity contribution >= 4 is 22.8 Å². The summed E-state index contributed by atoms with van der Waals surface area (Å²) in [5.41, 5.74) is 0.462. The molecule has 0 N–H and O–H groups in total.